The fourth-order valence-corrected chi connectivity index (χ4v) is 2.46. The third kappa shape index (κ3) is 6.63. The Kier molecular flexibility index (Phi) is 7.24. The minimum atomic E-state index is -2.50. The molecular formula is C12H13ClF2N2O3S. The van der Waals surface area contributed by atoms with Crippen LogP contribution in [0.4, 0.5) is 19.3 Å². The van der Waals surface area contributed by atoms with E-state index in [1.807, 2.05) is 0 Å². The fraction of sp³-hybridized carbons (Fsp3) is 0.333. The van der Waals surface area contributed by atoms with Crippen LogP contribution in [0.25, 0.3) is 0 Å². The summed E-state index contributed by atoms with van der Waals surface area (Å²) in [6.07, 6.45) is -2.71. The maximum absolute atomic E-state index is 12.3. The van der Waals surface area contributed by atoms with Gasteiger partial charge in [0, 0.05) is 11.4 Å². The summed E-state index contributed by atoms with van der Waals surface area (Å²) in [5, 5.41) is 13.5. The lowest BCUT2D eigenvalue weighted by molar-refractivity contribution is -0.136. The summed E-state index contributed by atoms with van der Waals surface area (Å²) in [5.41, 5.74) is 0.293. The van der Waals surface area contributed by atoms with Crippen LogP contribution in [0.5, 0.6) is 0 Å². The van der Waals surface area contributed by atoms with Gasteiger partial charge in [-0.15, -0.1) is 11.8 Å². The summed E-state index contributed by atoms with van der Waals surface area (Å²) in [5.74, 6) is -1.48. The van der Waals surface area contributed by atoms with Crippen LogP contribution in [0, 0.1) is 0 Å². The predicted molar refractivity (Wildman–Crippen MR) is 77.5 cm³/mol. The first kappa shape index (κ1) is 17.5. The van der Waals surface area contributed by atoms with Gasteiger partial charge in [0.25, 0.3) is 0 Å². The van der Waals surface area contributed by atoms with E-state index in [1.165, 1.54) is 12.1 Å². The van der Waals surface area contributed by atoms with E-state index in [-0.39, 0.29) is 18.0 Å². The molecule has 0 bridgehead atoms. The van der Waals surface area contributed by atoms with Crippen LogP contribution < -0.4 is 10.6 Å². The zero-order valence-electron chi connectivity index (χ0n) is 10.7. The number of rotatable bonds is 7. The predicted octanol–water partition coefficient (Wildman–Crippen LogP) is 3.29. The Morgan fingerprint density at radius 1 is 1.38 bits per heavy atom. The second kappa shape index (κ2) is 8.68. The summed E-state index contributed by atoms with van der Waals surface area (Å²) >= 11 is 6.76. The number of alkyl halides is 2. The van der Waals surface area contributed by atoms with Gasteiger partial charge in [-0.25, -0.2) is 13.6 Å². The summed E-state index contributed by atoms with van der Waals surface area (Å²) in [6, 6.07) is 4.00. The van der Waals surface area contributed by atoms with E-state index in [0.717, 1.165) is 11.8 Å². The standard InChI is InChI=1S/C12H13ClF2N2O3S/c13-7-2-1-3-8(11(7)21-6-9(14)15)17-12(20)16-5-4-10(18)19/h1-3,9H,4-6H2,(H,18,19)(H2,16,17,20). The Balaban J connectivity index is 2.66. The Morgan fingerprint density at radius 3 is 2.71 bits per heavy atom. The smallest absolute Gasteiger partial charge is 0.319 e. The number of benzene rings is 1. The maximum atomic E-state index is 12.3. The van der Waals surface area contributed by atoms with Gasteiger partial charge in [0.05, 0.1) is 22.9 Å². The largest absolute Gasteiger partial charge is 0.481 e. The molecule has 0 aliphatic carbocycles. The van der Waals surface area contributed by atoms with Gasteiger partial charge >= 0.3 is 12.0 Å². The minimum absolute atomic E-state index is 0.0404. The molecule has 0 aromatic heterocycles. The van der Waals surface area contributed by atoms with Crippen molar-refractivity contribution in [3.05, 3.63) is 23.2 Å². The molecule has 0 spiro atoms. The molecule has 9 heteroatoms. The Morgan fingerprint density at radius 2 is 2.10 bits per heavy atom. The molecule has 0 atom stereocenters. The van der Waals surface area contributed by atoms with Gasteiger partial charge in [0.2, 0.25) is 6.43 Å². The molecular weight excluding hydrogens is 326 g/mol. The van der Waals surface area contributed by atoms with E-state index < -0.39 is 24.2 Å². The SMILES string of the molecule is O=C(O)CCNC(=O)Nc1cccc(Cl)c1SCC(F)F. The molecule has 1 aromatic rings. The van der Waals surface area contributed by atoms with Crippen LogP contribution in [0.3, 0.4) is 0 Å². The first-order valence-electron chi connectivity index (χ1n) is 5.86. The second-order valence-electron chi connectivity index (χ2n) is 3.84. The number of urea groups is 1. The number of carbonyl (C=O) groups is 2. The third-order valence-electron chi connectivity index (χ3n) is 2.19. The number of anilines is 1. The molecule has 3 N–H and O–H groups in total. The lowest BCUT2D eigenvalue weighted by Gasteiger charge is -2.12. The highest BCUT2D eigenvalue weighted by molar-refractivity contribution is 7.99. The maximum Gasteiger partial charge on any atom is 0.319 e. The van der Waals surface area contributed by atoms with Crippen LogP contribution in [0.2, 0.25) is 5.02 Å². The van der Waals surface area contributed by atoms with Gasteiger partial charge in [0.1, 0.15) is 0 Å². The Bertz CT molecular complexity index is 517. The monoisotopic (exact) mass is 338 g/mol. The van der Waals surface area contributed by atoms with Crippen molar-refractivity contribution >= 4 is 41.1 Å². The van der Waals surface area contributed by atoms with Crippen molar-refractivity contribution in [3.8, 4) is 0 Å². The van der Waals surface area contributed by atoms with Crippen molar-refractivity contribution in [1.82, 2.24) is 5.32 Å². The van der Waals surface area contributed by atoms with Crippen LogP contribution >= 0.6 is 23.4 Å². The van der Waals surface area contributed by atoms with E-state index in [9.17, 15) is 18.4 Å². The van der Waals surface area contributed by atoms with Crippen LogP contribution in [-0.4, -0.2) is 35.8 Å². The summed E-state index contributed by atoms with van der Waals surface area (Å²) < 4.78 is 24.5. The van der Waals surface area contributed by atoms with Gasteiger partial charge in [-0.05, 0) is 12.1 Å². The van der Waals surface area contributed by atoms with E-state index in [1.54, 1.807) is 6.07 Å². The minimum Gasteiger partial charge on any atom is -0.481 e. The van der Waals surface area contributed by atoms with Gasteiger partial charge in [-0.2, -0.15) is 0 Å². The van der Waals surface area contributed by atoms with Crippen molar-refractivity contribution in [1.29, 1.82) is 0 Å². The van der Waals surface area contributed by atoms with Crippen molar-refractivity contribution in [2.45, 2.75) is 17.7 Å². The molecule has 5 nitrogen and oxygen atoms in total. The molecule has 0 aliphatic rings. The van der Waals surface area contributed by atoms with Crippen LogP contribution in [0.15, 0.2) is 23.1 Å². The highest BCUT2D eigenvalue weighted by atomic mass is 35.5. The van der Waals surface area contributed by atoms with Crippen molar-refractivity contribution in [3.63, 3.8) is 0 Å². The number of aliphatic carboxylic acids is 1. The van der Waals surface area contributed by atoms with E-state index in [4.69, 9.17) is 16.7 Å². The molecule has 0 fully saturated rings. The van der Waals surface area contributed by atoms with Crippen molar-refractivity contribution in [2.75, 3.05) is 17.6 Å². The summed E-state index contributed by atoms with van der Waals surface area (Å²) in [4.78, 5) is 22.2. The van der Waals surface area contributed by atoms with Crippen molar-refractivity contribution < 1.29 is 23.5 Å². The lowest BCUT2D eigenvalue weighted by atomic mass is 10.3. The third-order valence-corrected chi connectivity index (χ3v) is 3.77. The topological polar surface area (TPSA) is 78.4 Å². The number of carboxylic acid groups (broad SMARTS) is 1. The van der Waals surface area contributed by atoms with Gasteiger partial charge in [0.15, 0.2) is 0 Å². The average molecular weight is 339 g/mol. The highest BCUT2D eigenvalue weighted by Crippen LogP contribution is 2.34. The fourth-order valence-electron chi connectivity index (χ4n) is 1.35. The number of hydrogen-bond acceptors (Lipinski definition) is 3. The summed E-state index contributed by atoms with van der Waals surface area (Å²) in [7, 11) is 0. The van der Waals surface area contributed by atoms with Crippen molar-refractivity contribution in [2.24, 2.45) is 0 Å². The molecule has 0 saturated heterocycles. The number of hydrogen-bond donors (Lipinski definition) is 3. The number of carbonyl (C=O) groups excluding carboxylic acids is 1. The van der Waals surface area contributed by atoms with Gasteiger partial charge < -0.3 is 15.7 Å². The molecule has 0 saturated carbocycles. The Labute approximate surface area is 129 Å². The Hall–Kier alpha value is -1.54. The van der Waals surface area contributed by atoms with Crippen LogP contribution in [-0.2, 0) is 4.79 Å². The lowest BCUT2D eigenvalue weighted by Crippen LogP contribution is -2.30. The summed E-state index contributed by atoms with van der Waals surface area (Å²) in [6.45, 7) is -0.0404. The second-order valence-corrected chi connectivity index (χ2v) is 5.28. The van der Waals surface area contributed by atoms with E-state index >= 15 is 0 Å². The zero-order valence-corrected chi connectivity index (χ0v) is 12.3. The molecule has 0 aliphatic heterocycles. The first-order chi connectivity index (χ1) is 9.90. The number of carboxylic acids is 1. The molecule has 21 heavy (non-hydrogen) atoms. The quantitative estimate of drug-likeness (QED) is 0.667. The molecule has 2 amide bonds. The van der Waals surface area contributed by atoms with E-state index in [2.05, 4.69) is 10.6 Å². The zero-order chi connectivity index (χ0) is 15.8. The number of amides is 2. The molecule has 116 valence electrons. The number of thioether (sulfide) groups is 1. The molecule has 1 rings (SSSR count). The number of nitrogens with one attached hydrogen (secondary N) is 2. The van der Waals surface area contributed by atoms with Gasteiger partial charge in [-0.3, -0.25) is 4.79 Å². The highest BCUT2D eigenvalue weighted by Gasteiger charge is 2.13. The first-order valence-corrected chi connectivity index (χ1v) is 7.22. The number of halogens is 3. The van der Waals surface area contributed by atoms with E-state index in [0.29, 0.717) is 10.6 Å². The normalized spacial score (nSPS) is 10.5. The van der Waals surface area contributed by atoms with Gasteiger partial charge in [-0.1, -0.05) is 17.7 Å². The molecule has 0 radical (unpaired) electrons. The molecule has 0 heterocycles. The average Bonchev–Trinajstić information content (AvgIpc) is 2.37. The van der Waals surface area contributed by atoms with Crippen LogP contribution in [0.1, 0.15) is 6.42 Å². The molecule has 1 aromatic carbocycles. The molecule has 0 unspecified atom stereocenters.